The van der Waals surface area contributed by atoms with Crippen molar-refractivity contribution in [1.82, 2.24) is 10.2 Å². The van der Waals surface area contributed by atoms with Crippen molar-refractivity contribution in [3.63, 3.8) is 0 Å². The highest BCUT2D eigenvalue weighted by Gasteiger charge is 2.37. The van der Waals surface area contributed by atoms with Gasteiger partial charge in [-0.2, -0.15) is 0 Å². The number of likely N-dealkylation sites (tertiary alicyclic amines) is 1. The molecule has 0 aromatic carbocycles. The summed E-state index contributed by atoms with van der Waals surface area (Å²) in [5, 5.41) is 13.7. The summed E-state index contributed by atoms with van der Waals surface area (Å²) in [5.41, 5.74) is 0.0954. The molecule has 2 N–H and O–H groups in total. The van der Waals surface area contributed by atoms with Crippen LogP contribution in [0.15, 0.2) is 0 Å². The average Bonchev–Trinajstić information content (AvgIpc) is 2.81. The first kappa shape index (κ1) is 15.3. The maximum Gasteiger partial charge on any atom is 0.0644 e. The Kier molecular flexibility index (Phi) is 5.27. The molecule has 0 radical (unpaired) electrons. The fraction of sp³-hybridized carbons (Fsp3) is 1.00. The molecule has 19 heavy (non-hydrogen) atoms. The first-order valence-electron chi connectivity index (χ1n) is 8.21. The summed E-state index contributed by atoms with van der Waals surface area (Å²) in [6, 6.07) is 0. The standard InChI is InChI=1S/C16H32N2O/c1-3-10-17-13-16(6-4-5-7-16)14-18-11-8-15(2,19)9-12-18/h17,19H,3-14H2,1-2H3. The lowest BCUT2D eigenvalue weighted by Crippen LogP contribution is -2.48. The second-order valence-electron chi connectivity index (χ2n) is 7.16. The Morgan fingerprint density at radius 1 is 1.11 bits per heavy atom. The number of rotatable bonds is 6. The van der Waals surface area contributed by atoms with Gasteiger partial charge in [0.1, 0.15) is 0 Å². The Bertz CT molecular complexity index is 262. The van der Waals surface area contributed by atoms with Crippen molar-refractivity contribution in [1.29, 1.82) is 0 Å². The molecular formula is C16H32N2O. The predicted octanol–water partition coefficient (Wildman–Crippen LogP) is 2.39. The van der Waals surface area contributed by atoms with Gasteiger partial charge in [0.2, 0.25) is 0 Å². The Morgan fingerprint density at radius 2 is 1.74 bits per heavy atom. The van der Waals surface area contributed by atoms with Gasteiger partial charge < -0.3 is 15.3 Å². The lowest BCUT2D eigenvalue weighted by molar-refractivity contribution is -0.0156. The number of aliphatic hydroxyl groups is 1. The number of hydrogen-bond acceptors (Lipinski definition) is 3. The zero-order valence-corrected chi connectivity index (χ0v) is 12.9. The molecule has 1 aliphatic heterocycles. The molecule has 0 atom stereocenters. The zero-order valence-electron chi connectivity index (χ0n) is 12.9. The lowest BCUT2D eigenvalue weighted by atomic mass is 9.84. The van der Waals surface area contributed by atoms with Crippen molar-refractivity contribution in [2.75, 3.05) is 32.7 Å². The third-order valence-corrected chi connectivity index (χ3v) is 5.08. The quantitative estimate of drug-likeness (QED) is 0.726. The highest BCUT2D eigenvalue weighted by Crippen LogP contribution is 2.39. The summed E-state index contributed by atoms with van der Waals surface area (Å²) in [4.78, 5) is 2.59. The van der Waals surface area contributed by atoms with Crippen LogP contribution in [0.25, 0.3) is 0 Å². The Balaban J connectivity index is 1.83. The van der Waals surface area contributed by atoms with Crippen molar-refractivity contribution in [3.8, 4) is 0 Å². The van der Waals surface area contributed by atoms with Crippen molar-refractivity contribution in [2.45, 2.75) is 64.4 Å². The first-order chi connectivity index (χ1) is 9.05. The zero-order chi connectivity index (χ0) is 13.8. The van der Waals surface area contributed by atoms with E-state index in [1.807, 2.05) is 6.92 Å². The second kappa shape index (κ2) is 6.55. The van der Waals surface area contributed by atoms with Gasteiger partial charge in [-0.1, -0.05) is 19.8 Å². The minimum atomic E-state index is -0.417. The maximum absolute atomic E-state index is 10.1. The van der Waals surface area contributed by atoms with Crippen LogP contribution < -0.4 is 5.32 Å². The molecule has 0 spiro atoms. The van der Waals surface area contributed by atoms with Crippen molar-refractivity contribution >= 4 is 0 Å². The summed E-state index contributed by atoms with van der Waals surface area (Å²) >= 11 is 0. The normalized spacial score (nSPS) is 26.7. The smallest absolute Gasteiger partial charge is 0.0644 e. The van der Waals surface area contributed by atoms with E-state index in [-0.39, 0.29) is 0 Å². The van der Waals surface area contributed by atoms with Crippen molar-refractivity contribution < 1.29 is 5.11 Å². The highest BCUT2D eigenvalue weighted by atomic mass is 16.3. The van der Waals surface area contributed by atoms with Crippen LogP contribution in [0.2, 0.25) is 0 Å². The molecule has 0 amide bonds. The Hall–Kier alpha value is -0.120. The second-order valence-corrected chi connectivity index (χ2v) is 7.16. The Labute approximate surface area is 118 Å². The molecule has 3 nitrogen and oxygen atoms in total. The van der Waals surface area contributed by atoms with Crippen molar-refractivity contribution in [3.05, 3.63) is 0 Å². The predicted molar refractivity (Wildman–Crippen MR) is 80.4 cm³/mol. The summed E-state index contributed by atoms with van der Waals surface area (Å²) in [6.45, 7) is 9.94. The van der Waals surface area contributed by atoms with Crippen molar-refractivity contribution in [2.24, 2.45) is 5.41 Å². The molecule has 2 rings (SSSR count). The molecule has 2 fully saturated rings. The van der Waals surface area contributed by atoms with Gasteiger partial charge in [0.15, 0.2) is 0 Å². The maximum atomic E-state index is 10.1. The van der Waals surface area contributed by atoms with Gasteiger partial charge in [-0.05, 0) is 51.0 Å². The van der Waals surface area contributed by atoms with Gasteiger partial charge in [0.25, 0.3) is 0 Å². The SMILES string of the molecule is CCCNCC1(CN2CCC(C)(O)CC2)CCCC1. The van der Waals surface area contributed by atoms with Gasteiger partial charge in [0.05, 0.1) is 5.60 Å². The molecule has 1 saturated carbocycles. The summed E-state index contributed by atoms with van der Waals surface area (Å²) in [5.74, 6) is 0. The number of hydrogen-bond donors (Lipinski definition) is 2. The van der Waals surface area contributed by atoms with Crippen LogP contribution in [-0.4, -0.2) is 48.3 Å². The minimum absolute atomic E-state index is 0.417. The van der Waals surface area contributed by atoms with Gasteiger partial charge in [-0.3, -0.25) is 0 Å². The largest absolute Gasteiger partial charge is 0.390 e. The first-order valence-corrected chi connectivity index (χ1v) is 8.21. The minimum Gasteiger partial charge on any atom is -0.390 e. The highest BCUT2D eigenvalue weighted by molar-refractivity contribution is 4.91. The van der Waals surface area contributed by atoms with E-state index < -0.39 is 5.60 Å². The summed E-state index contributed by atoms with van der Waals surface area (Å²) in [7, 11) is 0. The molecule has 3 heteroatoms. The molecule has 112 valence electrons. The van der Waals surface area contributed by atoms with Crippen LogP contribution in [0.4, 0.5) is 0 Å². The number of piperidine rings is 1. The van der Waals surface area contributed by atoms with Gasteiger partial charge in [0, 0.05) is 26.2 Å². The molecule has 2 aliphatic rings. The number of nitrogens with zero attached hydrogens (tertiary/aromatic N) is 1. The Morgan fingerprint density at radius 3 is 2.32 bits per heavy atom. The molecule has 0 aromatic rings. The third kappa shape index (κ3) is 4.44. The topological polar surface area (TPSA) is 35.5 Å². The van der Waals surface area contributed by atoms with Crippen LogP contribution >= 0.6 is 0 Å². The molecule has 0 bridgehead atoms. The average molecular weight is 268 g/mol. The lowest BCUT2D eigenvalue weighted by Gasteiger charge is -2.41. The van der Waals surface area contributed by atoms with E-state index in [9.17, 15) is 5.11 Å². The molecular weight excluding hydrogens is 236 g/mol. The monoisotopic (exact) mass is 268 g/mol. The molecule has 1 aliphatic carbocycles. The van der Waals surface area contributed by atoms with Crippen LogP contribution in [0.1, 0.15) is 58.8 Å². The van der Waals surface area contributed by atoms with E-state index in [2.05, 4.69) is 17.1 Å². The van der Waals surface area contributed by atoms with Crippen LogP contribution in [0, 0.1) is 5.41 Å². The van der Waals surface area contributed by atoms with E-state index in [4.69, 9.17) is 0 Å². The molecule has 1 heterocycles. The van der Waals surface area contributed by atoms with E-state index in [0.717, 1.165) is 32.5 Å². The number of nitrogens with one attached hydrogen (secondary N) is 1. The van der Waals surface area contributed by atoms with Crippen LogP contribution in [-0.2, 0) is 0 Å². The fourth-order valence-corrected chi connectivity index (χ4v) is 3.71. The molecule has 0 unspecified atom stereocenters. The van der Waals surface area contributed by atoms with E-state index in [1.54, 1.807) is 0 Å². The fourth-order valence-electron chi connectivity index (χ4n) is 3.71. The molecule has 0 aromatic heterocycles. The van der Waals surface area contributed by atoms with E-state index in [0.29, 0.717) is 5.41 Å². The van der Waals surface area contributed by atoms with Crippen LogP contribution in [0.5, 0.6) is 0 Å². The van der Waals surface area contributed by atoms with Crippen LogP contribution in [0.3, 0.4) is 0 Å². The summed E-state index contributed by atoms with van der Waals surface area (Å²) in [6.07, 6.45) is 8.67. The van der Waals surface area contributed by atoms with Gasteiger partial charge >= 0.3 is 0 Å². The van der Waals surface area contributed by atoms with E-state index >= 15 is 0 Å². The van der Waals surface area contributed by atoms with Gasteiger partial charge in [-0.25, -0.2) is 0 Å². The summed E-state index contributed by atoms with van der Waals surface area (Å²) < 4.78 is 0. The third-order valence-electron chi connectivity index (χ3n) is 5.08. The van der Waals surface area contributed by atoms with E-state index in [1.165, 1.54) is 45.2 Å². The molecule has 1 saturated heterocycles. The van der Waals surface area contributed by atoms with Gasteiger partial charge in [-0.15, -0.1) is 0 Å².